The predicted molar refractivity (Wildman–Crippen MR) is 131 cm³/mol. The molecule has 0 aliphatic heterocycles. The number of carbonyl (C=O) groups is 1. The molecule has 0 spiro atoms. The summed E-state index contributed by atoms with van der Waals surface area (Å²) in [5.41, 5.74) is 2.49. The van der Waals surface area contributed by atoms with Gasteiger partial charge in [-0.05, 0) is 90.3 Å². The van der Waals surface area contributed by atoms with Crippen LogP contribution in [-0.2, 0) is 4.79 Å². The molecule has 0 saturated heterocycles. The molecule has 0 heterocycles. The molecule has 4 saturated carbocycles. The third kappa shape index (κ3) is 2.71. The van der Waals surface area contributed by atoms with Gasteiger partial charge in [0.2, 0.25) is 0 Å². The van der Waals surface area contributed by atoms with Gasteiger partial charge in [-0.3, -0.25) is 4.79 Å². The van der Waals surface area contributed by atoms with Crippen LogP contribution in [0.15, 0.2) is 11.6 Å². The highest BCUT2D eigenvalue weighted by Gasteiger charge is 2.69. The van der Waals surface area contributed by atoms with E-state index in [-0.39, 0.29) is 28.3 Å². The van der Waals surface area contributed by atoms with Crippen LogP contribution in [0.2, 0.25) is 0 Å². The Balaban J connectivity index is 1.61. The molecular weight excluding hydrogens is 392 g/mol. The Morgan fingerprint density at radius 2 is 1.53 bits per heavy atom. The third-order valence-corrected chi connectivity index (χ3v) is 12.7. The van der Waals surface area contributed by atoms with Crippen molar-refractivity contribution in [3.63, 3.8) is 0 Å². The fourth-order valence-electron chi connectivity index (χ4n) is 10.5. The summed E-state index contributed by atoms with van der Waals surface area (Å²) in [6, 6.07) is 0. The van der Waals surface area contributed by atoms with Gasteiger partial charge in [-0.1, -0.05) is 67.0 Å². The van der Waals surface area contributed by atoms with Crippen LogP contribution in [0, 0.1) is 50.2 Å². The maximum atomic E-state index is 12.9. The SMILES string of the molecule is CC1(C)CC[C@]2(C)CC[C@@]3(C)C(=CC[C@@H]4[C@@]5(C)CCC(=O)C(C)(C)[C@@H]5[C@H](O)C[C@]43C)[C@@H]2C1. The number of carbonyl (C=O) groups excluding carboxylic acids is 1. The largest absolute Gasteiger partial charge is 0.393 e. The maximum absolute atomic E-state index is 12.9. The number of aliphatic hydroxyl groups excluding tert-OH is 1. The van der Waals surface area contributed by atoms with Gasteiger partial charge >= 0.3 is 0 Å². The maximum Gasteiger partial charge on any atom is 0.138 e. The molecule has 0 unspecified atom stereocenters. The number of Topliss-reactive ketones (excluding diaryl/α,β-unsaturated/α-hetero) is 1. The van der Waals surface area contributed by atoms with E-state index in [1.807, 2.05) is 0 Å². The molecule has 32 heavy (non-hydrogen) atoms. The van der Waals surface area contributed by atoms with Gasteiger partial charge in [0, 0.05) is 17.8 Å². The first kappa shape index (κ1) is 23.1. The summed E-state index contributed by atoms with van der Waals surface area (Å²) in [5.74, 6) is 1.68. The third-order valence-electron chi connectivity index (χ3n) is 12.7. The lowest BCUT2D eigenvalue weighted by Crippen LogP contribution is -2.67. The first-order chi connectivity index (χ1) is 14.6. The minimum atomic E-state index is -0.419. The first-order valence-corrected chi connectivity index (χ1v) is 13.5. The van der Waals surface area contributed by atoms with Crippen LogP contribution in [0.3, 0.4) is 0 Å². The minimum absolute atomic E-state index is 0.0292. The Bertz CT molecular complexity index is 866. The van der Waals surface area contributed by atoms with Crippen molar-refractivity contribution in [2.24, 2.45) is 50.2 Å². The molecule has 0 amide bonds. The van der Waals surface area contributed by atoms with Crippen LogP contribution in [0.25, 0.3) is 0 Å². The number of ketones is 1. The molecule has 8 atom stereocenters. The molecular formula is C30H48O2. The summed E-state index contributed by atoms with van der Waals surface area (Å²) in [4.78, 5) is 12.9. The van der Waals surface area contributed by atoms with Gasteiger partial charge in [-0.2, -0.15) is 0 Å². The van der Waals surface area contributed by atoms with Gasteiger partial charge in [-0.15, -0.1) is 0 Å². The predicted octanol–water partition coefficient (Wildman–Crippen LogP) is 7.35. The standard InChI is InChI=1S/C30H48O2/c1-25(2)13-14-27(5)15-16-29(7)19(20(27)17-25)9-10-22-28(6)12-11-23(32)26(3,4)24(28)21(31)18-30(22,29)8/h9,20-22,24,31H,10-18H2,1-8H3/t20-,21+,22+,24-,27+,28+,29-,30+/m0/s1. The quantitative estimate of drug-likeness (QED) is 0.400. The Morgan fingerprint density at radius 3 is 2.22 bits per heavy atom. The molecule has 180 valence electrons. The van der Waals surface area contributed by atoms with Crippen molar-refractivity contribution < 1.29 is 9.90 Å². The van der Waals surface area contributed by atoms with E-state index in [9.17, 15) is 9.90 Å². The highest BCUT2D eigenvalue weighted by molar-refractivity contribution is 5.85. The van der Waals surface area contributed by atoms with E-state index in [2.05, 4.69) is 61.5 Å². The lowest BCUT2D eigenvalue weighted by Gasteiger charge is -2.71. The van der Waals surface area contributed by atoms with Crippen molar-refractivity contribution in [1.29, 1.82) is 0 Å². The summed E-state index contributed by atoms with van der Waals surface area (Å²) < 4.78 is 0. The number of rotatable bonds is 0. The van der Waals surface area contributed by atoms with Crippen molar-refractivity contribution in [3.8, 4) is 0 Å². The van der Waals surface area contributed by atoms with E-state index in [0.29, 0.717) is 34.9 Å². The number of allylic oxidation sites excluding steroid dienone is 2. The molecule has 1 N–H and O–H groups in total. The van der Waals surface area contributed by atoms with Crippen molar-refractivity contribution in [3.05, 3.63) is 11.6 Å². The average Bonchev–Trinajstić information content (AvgIpc) is 2.67. The Morgan fingerprint density at radius 1 is 0.875 bits per heavy atom. The highest BCUT2D eigenvalue weighted by atomic mass is 16.3. The molecule has 5 aliphatic rings. The Labute approximate surface area is 197 Å². The van der Waals surface area contributed by atoms with Gasteiger partial charge in [0.05, 0.1) is 6.10 Å². The normalized spacial score (nSPS) is 53.9. The number of hydrogen-bond donors (Lipinski definition) is 1. The second-order valence-corrected chi connectivity index (χ2v) is 15.2. The van der Waals surface area contributed by atoms with E-state index in [4.69, 9.17) is 0 Å². The summed E-state index contributed by atoms with van der Waals surface area (Å²) in [5, 5.41) is 11.7. The summed E-state index contributed by atoms with van der Waals surface area (Å²) in [6.07, 6.45) is 12.5. The molecule has 0 radical (unpaired) electrons. The number of aliphatic hydroxyl groups is 1. The van der Waals surface area contributed by atoms with Crippen molar-refractivity contribution >= 4 is 5.78 Å². The minimum Gasteiger partial charge on any atom is -0.393 e. The summed E-state index contributed by atoms with van der Waals surface area (Å²) >= 11 is 0. The highest BCUT2D eigenvalue weighted by Crippen LogP contribution is 2.75. The van der Waals surface area contributed by atoms with Crippen LogP contribution in [0.1, 0.15) is 113 Å². The average molecular weight is 441 g/mol. The molecule has 0 aromatic heterocycles. The summed E-state index contributed by atoms with van der Waals surface area (Å²) in [6.45, 7) is 19.3. The Kier molecular flexibility index (Phi) is 4.71. The Hall–Kier alpha value is -0.630. The van der Waals surface area contributed by atoms with Crippen LogP contribution in [0.5, 0.6) is 0 Å². The topological polar surface area (TPSA) is 37.3 Å². The smallest absolute Gasteiger partial charge is 0.138 e. The van der Waals surface area contributed by atoms with Gasteiger partial charge in [0.1, 0.15) is 5.78 Å². The van der Waals surface area contributed by atoms with Gasteiger partial charge in [0.15, 0.2) is 0 Å². The molecule has 5 aliphatic carbocycles. The molecule has 5 rings (SSSR count). The fourth-order valence-corrected chi connectivity index (χ4v) is 10.5. The zero-order chi connectivity index (χ0) is 23.5. The van der Waals surface area contributed by atoms with Crippen molar-refractivity contribution in [1.82, 2.24) is 0 Å². The van der Waals surface area contributed by atoms with E-state index >= 15 is 0 Å². The van der Waals surface area contributed by atoms with Gasteiger partial charge < -0.3 is 5.11 Å². The van der Waals surface area contributed by atoms with Crippen LogP contribution in [-0.4, -0.2) is 17.0 Å². The van der Waals surface area contributed by atoms with Crippen LogP contribution in [0.4, 0.5) is 0 Å². The molecule has 2 nitrogen and oxygen atoms in total. The molecule has 0 aromatic carbocycles. The zero-order valence-electron chi connectivity index (χ0n) is 22.1. The van der Waals surface area contributed by atoms with E-state index in [1.165, 1.54) is 32.1 Å². The van der Waals surface area contributed by atoms with Crippen LogP contribution >= 0.6 is 0 Å². The second-order valence-electron chi connectivity index (χ2n) is 15.2. The molecule has 4 fully saturated rings. The van der Waals surface area contributed by atoms with Crippen molar-refractivity contribution in [2.75, 3.05) is 0 Å². The molecule has 0 bridgehead atoms. The van der Waals surface area contributed by atoms with Gasteiger partial charge in [0.25, 0.3) is 0 Å². The lowest BCUT2D eigenvalue weighted by molar-refractivity contribution is -0.218. The van der Waals surface area contributed by atoms with E-state index in [0.717, 1.165) is 19.3 Å². The lowest BCUT2D eigenvalue weighted by atomic mass is 9.33. The summed E-state index contributed by atoms with van der Waals surface area (Å²) in [7, 11) is 0. The van der Waals surface area contributed by atoms with E-state index in [1.54, 1.807) is 5.57 Å². The van der Waals surface area contributed by atoms with Crippen molar-refractivity contribution in [2.45, 2.75) is 119 Å². The zero-order valence-corrected chi connectivity index (χ0v) is 22.1. The second kappa shape index (κ2) is 6.52. The number of hydrogen-bond acceptors (Lipinski definition) is 2. The molecule has 0 aromatic rings. The fraction of sp³-hybridized carbons (Fsp3) is 0.900. The van der Waals surface area contributed by atoms with E-state index < -0.39 is 5.41 Å². The number of fused-ring (bicyclic) bond motifs is 7. The monoisotopic (exact) mass is 440 g/mol. The first-order valence-electron chi connectivity index (χ1n) is 13.5. The molecule has 2 heteroatoms. The van der Waals surface area contributed by atoms with Crippen LogP contribution < -0.4 is 0 Å². The van der Waals surface area contributed by atoms with Gasteiger partial charge in [-0.25, -0.2) is 0 Å².